The smallest absolute Gasteiger partial charge is 0.305 e. The Kier molecular flexibility index (Phi) is 5.95. The van der Waals surface area contributed by atoms with Gasteiger partial charge in [-0.05, 0) is 25.5 Å². The lowest BCUT2D eigenvalue weighted by Gasteiger charge is -2.05. The topological polar surface area (TPSA) is 81.5 Å². The number of nitro groups is 1. The van der Waals surface area contributed by atoms with E-state index in [1.807, 2.05) is 6.07 Å². The molecule has 0 fully saturated rings. The van der Waals surface area contributed by atoms with Crippen molar-refractivity contribution in [3.05, 3.63) is 39.4 Å². The largest absolute Gasteiger partial charge is 0.469 e. The van der Waals surface area contributed by atoms with Gasteiger partial charge in [0.15, 0.2) is 0 Å². The minimum Gasteiger partial charge on any atom is -0.469 e. The molecule has 1 aromatic carbocycles. The molecule has 0 amide bonds. The van der Waals surface area contributed by atoms with Gasteiger partial charge in [-0.15, -0.1) is 0 Å². The summed E-state index contributed by atoms with van der Waals surface area (Å²) in [6.07, 6.45) is 1.05. The van der Waals surface area contributed by atoms with E-state index in [1.165, 1.54) is 7.11 Å². The Morgan fingerprint density at radius 2 is 2.21 bits per heavy atom. The average molecular weight is 266 g/mol. The van der Waals surface area contributed by atoms with Crippen LogP contribution in [-0.2, 0) is 16.1 Å². The Labute approximate surface area is 111 Å². The van der Waals surface area contributed by atoms with Gasteiger partial charge in [0, 0.05) is 24.6 Å². The number of benzene rings is 1. The van der Waals surface area contributed by atoms with Gasteiger partial charge < -0.3 is 10.1 Å². The zero-order valence-corrected chi connectivity index (χ0v) is 11.1. The van der Waals surface area contributed by atoms with Gasteiger partial charge in [-0.3, -0.25) is 14.9 Å². The average Bonchev–Trinajstić information content (AvgIpc) is 2.39. The summed E-state index contributed by atoms with van der Waals surface area (Å²) in [5.41, 5.74) is 1.64. The van der Waals surface area contributed by atoms with Crippen molar-refractivity contribution >= 4 is 11.7 Å². The monoisotopic (exact) mass is 266 g/mol. The first-order chi connectivity index (χ1) is 9.04. The fourth-order valence-electron chi connectivity index (χ4n) is 1.65. The van der Waals surface area contributed by atoms with Crippen LogP contribution in [0.25, 0.3) is 0 Å². The van der Waals surface area contributed by atoms with E-state index in [-0.39, 0.29) is 16.6 Å². The number of methoxy groups -OCH3 is 1. The van der Waals surface area contributed by atoms with Crippen LogP contribution in [-0.4, -0.2) is 24.5 Å². The lowest BCUT2D eigenvalue weighted by Crippen LogP contribution is -2.16. The molecule has 0 saturated heterocycles. The first kappa shape index (κ1) is 15.1. The Bertz CT molecular complexity index is 460. The summed E-state index contributed by atoms with van der Waals surface area (Å²) in [7, 11) is 1.36. The summed E-state index contributed by atoms with van der Waals surface area (Å²) in [5, 5.41) is 13.9. The highest BCUT2D eigenvalue weighted by Crippen LogP contribution is 2.18. The fourth-order valence-corrected chi connectivity index (χ4v) is 1.65. The van der Waals surface area contributed by atoms with Crippen molar-refractivity contribution in [1.29, 1.82) is 0 Å². The van der Waals surface area contributed by atoms with Gasteiger partial charge >= 0.3 is 5.97 Å². The maximum Gasteiger partial charge on any atom is 0.305 e. The van der Waals surface area contributed by atoms with E-state index < -0.39 is 0 Å². The second kappa shape index (κ2) is 7.48. The maximum atomic E-state index is 10.9. The Balaban J connectivity index is 2.40. The van der Waals surface area contributed by atoms with E-state index in [0.717, 1.165) is 5.56 Å². The van der Waals surface area contributed by atoms with Crippen LogP contribution in [0.3, 0.4) is 0 Å². The Hall–Kier alpha value is -1.95. The van der Waals surface area contributed by atoms with Crippen LogP contribution < -0.4 is 5.32 Å². The predicted molar refractivity (Wildman–Crippen MR) is 70.8 cm³/mol. The molecule has 1 aromatic rings. The predicted octanol–water partition coefficient (Wildman–Crippen LogP) is 1.95. The number of esters is 1. The van der Waals surface area contributed by atoms with Crippen molar-refractivity contribution in [1.82, 2.24) is 5.32 Å². The van der Waals surface area contributed by atoms with Crippen molar-refractivity contribution in [3.63, 3.8) is 0 Å². The van der Waals surface area contributed by atoms with E-state index in [9.17, 15) is 14.9 Å². The number of rotatable bonds is 7. The highest BCUT2D eigenvalue weighted by Gasteiger charge is 2.10. The van der Waals surface area contributed by atoms with Crippen LogP contribution in [0.2, 0.25) is 0 Å². The van der Waals surface area contributed by atoms with Gasteiger partial charge in [0.1, 0.15) is 0 Å². The number of hydrogen-bond acceptors (Lipinski definition) is 5. The third kappa shape index (κ3) is 5.05. The molecule has 0 aliphatic heterocycles. The normalized spacial score (nSPS) is 10.2. The highest BCUT2D eigenvalue weighted by atomic mass is 16.6. The summed E-state index contributed by atoms with van der Waals surface area (Å²) in [6, 6.07) is 5.17. The molecule has 0 unspecified atom stereocenters. The third-order valence-corrected chi connectivity index (χ3v) is 2.76. The SMILES string of the molecule is COC(=O)CCCNCc1ccc(C)c([N+](=O)[O-])c1. The molecule has 6 heteroatoms. The molecule has 0 aliphatic carbocycles. The zero-order valence-electron chi connectivity index (χ0n) is 11.1. The summed E-state index contributed by atoms with van der Waals surface area (Å²) in [5.74, 6) is -0.229. The number of nitro benzene ring substituents is 1. The van der Waals surface area contributed by atoms with E-state index in [4.69, 9.17) is 0 Å². The van der Waals surface area contributed by atoms with Crippen molar-refractivity contribution < 1.29 is 14.5 Å². The van der Waals surface area contributed by atoms with Gasteiger partial charge in [0.25, 0.3) is 5.69 Å². The van der Waals surface area contributed by atoms with E-state index in [1.54, 1.807) is 19.1 Å². The molecule has 0 aliphatic rings. The number of carbonyl (C=O) groups excluding carboxylic acids is 1. The van der Waals surface area contributed by atoms with Gasteiger partial charge in [-0.1, -0.05) is 12.1 Å². The summed E-state index contributed by atoms with van der Waals surface area (Å²) in [4.78, 5) is 21.3. The molecule has 0 aromatic heterocycles. The lowest BCUT2D eigenvalue weighted by atomic mass is 10.1. The minimum atomic E-state index is -0.379. The fraction of sp³-hybridized carbons (Fsp3) is 0.462. The van der Waals surface area contributed by atoms with Gasteiger partial charge in [-0.25, -0.2) is 0 Å². The number of nitrogens with zero attached hydrogens (tertiary/aromatic N) is 1. The molecule has 6 nitrogen and oxygen atoms in total. The molecule has 1 rings (SSSR count). The molecular formula is C13H18N2O4. The number of nitrogens with one attached hydrogen (secondary N) is 1. The molecule has 104 valence electrons. The molecule has 0 atom stereocenters. The van der Waals surface area contributed by atoms with Crippen molar-refractivity contribution in [3.8, 4) is 0 Å². The minimum absolute atomic E-state index is 0.133. The summed E-state index contributed by atoms with van der Waals surface area (Å²) in [6.45, 7) is 2.92. The Morgan fingerprint density at radius 1 is 1.47 bits per heavy atom. The first-order valence-electron chi connectivity index (χ1n) is 6.06. The van der Waals surface area contributed by atoms with Crippen LogP contribution in [0.15, 0.2) is 18.2 Å². The number of hydrogen-bond donors (Lipinski definition) is 1. The molecule has 0 radical (unpaired) electrons. The highest BCUT2D eigenvalue weighted by molar-refractivity contribution is 5.69. The van der Waals surface area contributed by atoms with E-state index in [0.29, 0.717) is 31.5 Å². The lowest BCUT2D eigenvalue weighted by molar-refractivity contribution is -0.385. The van der Waals surface area contributed by atoms with Crippen LogP contribution in [0.5, 0.6) is 0 Å². The molecule has 19 heavy (non-hydrogen) atoms. The molecular weight excluding hydrogens is 248 g/mol. The third-order valence-electron chi connectivity index (χ3n) is 2.76. The molecule has 0 heterocycles. The van der Waals surface area contributed by atoms with Crippen LogP contribution in [0.1, 0.15) is 24.0 Å². The quantitative estimate of drug-likeness (QED) is 0.353. The molecule has 0 saturated carbocycles. The van der Waals surface area contributed by atoms with Gasteiger partial charge in [0.05, 0.1) is 12.0 Å². The van der Waals surface area contributed by atoms with Crippen LogP contribution in [0, 0.1) is 17.0 Å². The van der Waals surface area contributed by atoms with Crippen molar-refractivity contribution in [2.75, 3.05) is 13.7 Å². The molecule has 0 bridgehead atoms. The molecule has 0 spiro atoms. The zero-order chi connectivity index (χ0) is 14.3. The van der Waals surface area contributed by atoms with Crippen LogP contribution >= 0.6 is 0 Å². The second-order valence-electron chi connectivity index (χ2n) is 4.23. The number of carbonyl (C=O) groups is 1. The second-order valence-corrected chi connectivity index (χ2v) is 4.23. The summed E-state index contributed by atoms with van der Waals surface area (Å²) < 4.78 is 4.53. The van der Waals surface area contributed by atoms with Gasteiger partial charge in [-0.2, -0.15) is 0 Å². The van der Waals surface area contributed by atoms with Crippen LogP contribution in [0.4, 0.5) is 5.69 Å². The maximum absolute atomic E-state index is 10.9. The number of ether oxygens (including phenoxy) is 1. The van der Waals surface area contributed by atoms with Crippen molar-refractivity contribution in [2.45, 2.75) is 26.3 Å². The molecule has 1 N–H and O–H groups in total. The summed E-state index contributed by atoms with van der Waals surface area (Å²) >= 11 is 0. The van der Waals surface area contributed by atoms with E-state index >= 15 is 0 Å². The van der Waals surface area contributed by atoms with E-state index in [2.05, 4.69) is 10.1 Å². The first-order valence-corrected chi connectivity index (χ1v) is 6.06. The van der Waals surface area contributed by atoms with Gasteiger partial charge in [0.2, 0.25) is 0 Å². The van der Waals surface area contributed by atoms with Crippen molar-refractivity contribution in [2.24, 2.45) is 0 Å². The Morgan fingerprint density at radius 3 is 2.84 bits per heavy atom. The standard InChI is InChI=1S/C13H18N2O4/c1-10-5-6-11(8-12(10)15(17)18)9-14-7-3-4-13(16)19-2/h5-6,8,14H,3-4,7,9H2,1-2H3. The number of aryl methyl sites for hydroxylation is 1.